The van der Waals surface area contributed by atoms with Crippen LogP contribution in [-0.4, -0.2) is 54.6 Å². The summed E-state index contributed by atoms with van der Waals surface area (Å²) in [6.07, 6.45) is 3.41. The molecule has 1 aliphatic carbocycles. The second kappa shape index (κ2) is 10.2. The van der Waals surface area contributed by atoms with Crippen LogP contribution in [0.4, 0.5) is 4.39 Å². The van der Waals surface area contributed by atoms with Gasteiger partial charge >= 0.3 is 0 Å². The van der Waals surface area contributed by atoms with Gasteiger partial charge in [0.1, 0.15) is 12.4 Å². The fourth-order valence-electron chi connectivity index (χ4n) is 2.97. The Kier molecular flexibility index (Phi) is 8.01. The van der Waals surface area contributed by atoms with Gasteiger partial charge in [-0.15, -0.1) is 0 Å². The lowest BCUT2D eigenvalue weighted by Crippen LogP contribution is -2.45. The molecule has 1 aliphatic rings. The van der Waals surface area contributed by atoms with Crippen LogP contribution in [0.25, 0.3) is 0 Å². The van der Waals surface area contributed by atoms with E-state index in [-0.39, 0.29) is 36.0 Å². The lowest BCUT2D eigenvalue weighted by Gasteiger charge is -2.26. The van der Waals surface area contributed by atoms with E-state index >= 15 is 0 Å². The van der Waals surface area contributed by atoms with Gasteiger partial charge in [-0.3, -0.25) is 14.6 Å². The number of rotatable bonds is 10. The van der Waals surface area contributed by atoms with Crippen LogP contribution in [0, 0.1) is 5.82 Å². The van der Waals surface area contributed by atoms with E-state index in [9.17, 15) is 14.0 Å². The molecule has 29 heavy (non-hydrogen) atoms. The molecule has 9 heteroatoms. The van der Waals surface area contributed by atoms with E-state index in [0.717, 1.165) is 18.5 Å². The molecule has 1 atom stereocenters. The van der Waals surface area contributed by atoms with E-state index in [1.54, 1.807) is 44.1 Å². The van der Waals surface area contributed by atoms with Gasteiger partial charge in [0.25, 0.3) is 0 Å². The van der Waals surface area contributed by atoms with E-state index in [1.165, 1.54) is 11.1 Å². The molecule has 0 bridgehead atoms. The Bertz CT molecular complexity index is 797. The number of carbonyl (C=O) groups is 2. The van der Waals surface area contributed by atoms with E-state index in [2.05, 4.69) is 22.5 Å². The highest BCUT2D eigenvalue weighted by Crippen LogP contribution is 2.27. The average Bonchev–Trinajstić information content (AvgIpc) is 3.51. The highest BCUT2D eigenvalue weighted by atomic mass is 35.5. The standard InChI is InChI=1S/C20H27ClFN5O2/c1-13(10-23-3)27(24-4)12-19(29)26(15-8-9-15)11-18(28)25-14(2)16-6-5-7-17(21)20(16)22/h5-7,10,14-15,23H,4,8-9,11-12H2,1-3H3,(H,25,28)/b13-10+/t14-/m0/s1. The smallest absolute Gasteiger partial charge is 0.245 e. The SMILES string of the molecule is C=NN(CC(=O)N(CC(=O)N[C@@H](C)c1cccc(Cl)c1F)C1CC1)/C(C)=C/NC. The molecule has 0 saturated heterocycles. The second-order valence-corrected chi connectivity index (χ2v) is 7.37. The molecule has 2 amide bonds. The van der Waals surface area contributed by atoms with Crippen molar-refractivity contribution in [2.75, 3.05) is 20.1 Å². The van der Waals surface area contributed by atoms with Crippen LogP contribution in [0.15, 0.2) is 35.2 Å². The third-order valence-electron chi connectivity index (χ3n) is 4.66. The number of hydrogen-bond donors (Lipinski definition) is 2. The maximum atomic E-state index is 14.2. The number of allylic oxidation sites excluding steroid dienone is 1. The van der Waals surface area contributed by atoms with Gasteiger partial charge in [-0.2, -0.15) is 5.10 Å². The summed E-state index contributed by atoms with van der Waals surface area (Å²) in [5, 5.41) is 11.0. The topological polar surface area (TPSA) is 77.0 Å². The predicted octanol–water partition coefficient (Wildman–Crippen LogP) is 2.65. The Labute approximate surface area is 175 Å². The monoisotopic (exact) mass is 423 g/mol. The minimum Gasteiger partial charge on any atom is -0.393 e. The van der Waals surface area contributed by atoms with Gasteiger partial charge in [0.2, 0.25) is 11.8 Å². The quantitative estimate of drug-likeness (QED) is 0.448. The summed E-state index contributed by atoms with van der Waals surface area (Å²) in [4.78, 5) is 26.9. The Balaban J connectivity index is 2.01. The Morgan fingerprint density at radius 2 is 2.10 bits per heavy atom. The van der Waals surface area contributed by atoms with Crippen LogP contribution in [0.1, 0.15) is 38.3 Å². The van der Waals surface area contributed by atoms with Crippen molar-refractivity contribution < 1.29 is 14.0 Å². The lowest BCUT2D eigenvalue weighted by atomic mass is 10.1. The number of hydrogen-bond acceptors (Lipinski definition) is 5. The summed E-state index contributed by atoms with van der Waals surface area (Å²) in [7, 11) is 1.75. The largest absolute Gasteiger partial charge is 0.393 e. The van der Waals surface area contributed by atoms with E-state index in [4.69, 9.17) is 11.6 Å². The van der Waals surface area contributed by atoms with Gasteiger partial charge in [-0.25, -0.2) is 4.39 Å². The molecule has 0 unspecified atom stereocenters. The molecule has 1 aromatic carbocycles. The van der Waals surface area contributed by atoms with Crippen LogP contribution < -0.4 is 10.6 Å². The zero-order chi connectivity index (χ0) is 21.6. The minimum atomic E-state index is -0.579. The van der Waals surface area contributed by atoms with Crippen molar-refractivity contribution in [2.24, 2.45) is 5.10 Å². The van der Waals surface area contributed by atoms with E-state index in [1.807, 2.05) is 0 Å². The van der Waals surface area contributed by atoms with Gasteiger partial charge in [0.15, 0.2) is 0 Å². The summed E-state index contributed by atoms with van der Waals surface area (Å²) in [6.45, 7) is 6.85. The third kappa shape index (κ3) is 6.19. The Morgan fingerprint density at radius 3 is 2.69 bits per heavy atom. The van der Waals surface area contributed by atoms with Crippen molar-refractivity contribution in [3.05, 3.63) is 46.5 Å². The highest BCUT2D eigenvalue weighted by molar-refractivity contribution is 6.30. The van der Waals surface area contributed by atoms with Crippen molar-refractivity contribution in [2.45, 2.75) is 38.8 Å². The number of halogens is 2. The maximum absolute atomic E-state index is 14.2. The lowest BCUT2D eigenvalue weighted by molar-refractivity contribution is -0.137. The van der Waals surface area contributed by atoms with Crippen molar-refractivity contribution in [1.82, 2.24) is 20.5 Å². The van der Waals surface area contributed by atoms with Crippen molar-refractivity contribution in [3.8, 4) is 0 Å². The highest BCUT2D eigenvalue weighted by Gasteiger charge is 2.34. The first kappa shape index (κ1) is 22.7. The number of carbonyl (C=O) groups excluding carboxylic acids is 2. The van der Waals surface area contributed by atoms with Crippen molar-refractivity contribution in [3.63, 3.8) is 0 Å². The maximum Gasteiger partial charge on any atom is 0.245 e. The van der Waals surface area contributed by atoms with Crippen molar-refractivity contribution in [1.29, 1.82) is 0 Å². The van der Waals surface area contributed by atoms with E-state index in [0.29, 0.717) is 5.56 Å². The molecule has 0 spiro atoms. The van der Waals surface area contributed by atoms with Gasteiger partial charge in [-0.05, 0) is 32.8 Å². The summed E-state index contributed by atoms with van der Waals surface area (Å²) < 4.78 is 14.2. The van der Waals surface area contributed by atoms with Gasteiger partial charge in [0, 0.05) is 37.3 Å². The predicted molar refractivity (Wildman–Crippen MR) is 112 cm³/mol. The molecular weight excluding hydrogens is 397 g/mol. The number of hydrazone groups is 1. The Morgan fingerprint density at radius 1 is 1.41 bits per heavy atom. The normalized spacial score (nSPS) is 14.7. The van der Waals surface area contributed by atoms with Crippen LogP contribution in [0.2, 0.25) is 5.02 Å². The molecule has 7 nitrogen and oxygen atoms in total. The summed E-state index contributed by atoms with van der Waals surface area (Å²) in [5.41, 5.74) is 1.02. The number of nitrogens with one attached hydrogen (secondary N) is 2. The molecule has 1 aromatic rings. The third-order valence-corrected chi connectivity index (χ3v) is 4.96. The fourth-order valence-corrected chi connectivity index (χ4v) is 3.15. The molecule has 0 radical (unpaired) electrons. The molecule has 1 fully saturated rings. The van der Waals surface area contributed by atoms with Gasteiger partial charge in [0.05, 0.1) is 17.6 Å². The molecular formula is C20H27ClFN5O2. The summed E-state index contributed by atoms with van der Waals surface area (Å²) in [5.74, 6) is -1.14. The first-order valence-electron chi connectivity index (χ1n) is 9.39. The molecule has 2 N–H and O–H groups in total. The van der Waals surface area contributed by atoms with Crippen LogP contribution in [0.5, 0.6) is 0 Å². The number of amides is 2. The first-order chi connectivity index (χ1) is 13.8. The zero-order valence-electron chi connectivity index (χ0n) is 16.9. The van der Waals surface area contributed by atoms with Gasteiger partial charge < -0.3 is 15.5 Å². The van der Waals surface area contributed by atoms with E-state index < -0.39 is 11.9 Å². The zero-order valence-corrected chi connectivity index (χ0v) is 17.7. The first-order valence-corrected chi connectivity index (χ1v) is 9.77. The summed E-state index contributed by atoms with van der Waals surface area (Å²) >= 11 is 5.81. The number of nitrogens with zero attached hydrogens (tertiary/aromatic N) is 3. The molecule has 0 aromatic heterocycles. The Hall–Kier alpha value is -2.61. The van der Waals surface area contributed by atoms with Crippen LogP contribution in [0.3, 0.4) is 0 Å². The second-order valence-electron chi connectivity index (χ2n) is 6.96. The molecule has 1 saturated carbocycles. The molecule has 2 rings (SSSR count). The fraction of sp³-hybridized carbons (Fsp3) is 0.450. The van der Waals surface area contributed by atoms with Crippen LogP contribution >= 0.6 is 11.6 Å². The molecule has 158 valence electrons. The average molecular weight is 424 g/mol. The van der Waals surface area contributed by atoms with Crippen molar-refractivity contribution >= 4 is 30.1 Å². The number of benzene rings is 1. The summed E-state index contributed by atoms with van der Waals surface area (Å²) in [6, 6.07) is 4.10. The van der Waals surface area contributed by atoms with Gasteiger partial charge in [-0.1, -0.05) is 23.7 Å². The van der Waals surface area contributed by atoms with Crippen LogP contribution in [-0.2, 0) is 9.59 Å². The molecule has 0 aliphatic heterocycles. The molecule has 0 heterocycles. The minimum absolute atomic E-state index is 0.000365.